The second kappa shape index (κ2) is 6.59. The van der Waals surface area contributed by atoms with E-state index in [9.17, 15) is 4.79 Å². The van der Waals surface area contributed by atoms with Crippen molar-refractivity contribution in [1.29, 1.82) is 0 Å². The lowest BCUT2D eigenvalue weighted by atomic mass is 9.70. The number of thiocarbonyl (C=S) groups is 1. The zero-order chi connectivity index (χ0) is 15.5. The van der Waals surface area contributed by atoms with E-state index in [-0.39, 0.29) is 25.3 Å². The number of carbonyl (C=O) groups is 1. The Labute approximate surface area is 137 Å². The van der Waals surface area contributed by atoms with Crippen molar-refractivity contribution >= 4 is 23.3 Å². The molecule has 0 aliphatic heterocycles. The summed E-state index contributed by atoms with van der Waals surface area (Å²) in [5, 5.41) is 5.52. The molecule has 0 unspecified atom stereocenters. The van der Waals surface area contributed by atoms with Crippen LogP contribution in [0.2, 0.25) is 0 Å². The molecule has 2 fully saturated rings. The van der Waals surface area contributed by atoms with Crippen LogP contribution in [-0.2, 0) is 4.79 Å². The van der Waals surface area contributed by atoms with E-state index >= 15 is 0 Å². The molecule has 0 bridgehead atoms. The molecule has 1 N–H and O–H groups in total. The van der Waals surface area contributed by atoms with Crippen LogP contribution in [0.25, 0.3) is 0 Å². The zero-order valence-corrected chi connectivity index (χ0v) is 13.4. The number of methoxy groups -OCH3 is 1. The summed E-state index contributed by atoms with van der Waals surface area (Å²) in [6.45, 7) is 0. The minimum absolute atomic E-state index is 0. The summed E-state index contributed by atoms with van der Waals surface area (Å²) in [4.78, 5) is 16.2. The van der Waals surface area contributed by atoms with Crippen molar-refractivity contribution in [2.24, 2.45) is 10.9 Å². The fourth-order valence-corrected chi connectivity index (χ4v) is 3.33. The third-order valence-corrected chi connectivity index (χ3v) is 4.90. The van der Waals surface area contributed by atoms with Gasteiger partial charge in [0, 0.05) is 13.4 Å². The summed E-state index contributed by atoms with van der Waals surface area (Å²) in [5.41, 5.74) is 1.30. The highest BCUT2D eigenvalue weighted by Crippen LogP contribution is 2.42. The highest BCUT2D eigenvalue weighted by Gasteiger charge is 2.38. The summed E-state index contributed by atoms with van der Waals surface area (Å²) in [6, 6.07) is 8.68. The van der Waals surface area contributed by atoms with Crippen LogP contribution in [0.5, 0.6) is 5.75 Å². The standard InChI is InChI=1S/C17H20N2O2S.H2/c1-21-16-4-2-11(3-5-16)12-6-13(7-12)17(20)19-15-8-14(9-15)18-10-22;/h2-5,12-15H,6-9H2,1H3,(H,19,20);1H. The van der Waals surface area contributed by atoms with E-state index in [1.165, 1.54) is 5.56 Å². The molecule has 5 heteroatoms. The molecule has 2 saturated carbocycles. The van der Waals surface area contributed by atoms with Gasteiger partial charge >= 0.3 is 0 Å². The highest BCUT2D eigenvalue weighted by atomic mass is 32.1. The molecule has 1 amide bonds. The van der Waals surface area contributed by atoms with Gasteiger partial charge in [0.2, 0.25) is 5.91 Å². The van der Waals surface area contributed by atoms with Gasteiger partial charge in [-0.3, -0.25) is 4.79 Å². The van der Waals surface area contributed by atoms with Gasteiger partial charge in [-0.2, -0.15) is 0 Å². The van der Waals surface area contributed by atoms with E-state index in [0.717, 1.165) is 31.4 Å². The van der Waals surface area contributed by atoms with Crippen molar-refractivity contribution in [1.82, 2.24) is 5.32 Å². The summed E-state index contributed by atoms with van der Waals surface area (Å²) < 4.78 is 5.17. The Balaban J connectivity index is 0.00000192. The Morgan fingerprint density at radius 2 is 2.00 bits per heavy atom. The maximum absolute atomic E-state index is 12.2. The van der Waals surface area contributed by atoms with Gasteiger partial charge in [0.15, 0.2) is 0 Å². The molecule has 4 nitrogen and oxygen atoms in total. The summed E-state index contributed by atoms with van der Waals surface area (Å²) in [7, 11) is 1.67. The van der Waals surface area contributed by atoms with Crippen LogP contribution < -0.4 is 10.1 Å². The van der Waals surface area contributed by atoms with Gasteiger partial charge in [0.25, 0.3) is 0 Å². The lowest BCUT2D eigenvalue weighted by Crippen LogP contribution is -2.49. The molecule has 3 rings (SSSR count). The molecule has 1 aromatic carbocycles. The predicted molar refractivity (Wildman–Crippen MR) is 90.6 cm³/mol. The molecule has 0 aromatic heterocycles. The summed E-state index contributed by atoms with van der Waals surface area (Å²) >= 11 is 4.59. The number of benzene rings is 1. The molecule has 118 valence electrons. The topological polar surface area (TPSA) is 50.7 Å². The number of carbonyl (C=O) groups excluding carboxylic acids is 1. The normalized spacial score (nSPS) is 29.5. The Kier molecular flexibility index (Phi) is 4.55. The second-order valence-corrected chi connectivity index (χ2v) is 6.37. The fourth-order valence-electron chi connectivity index (χ4n) is 3.18. The Hall–Kier alpha value is -1.71. The third kappa shape index (κ3) is 3.21. The number of rotatable bonds is 5. The van der Waals surface area contributed by atoms with Crippen molar-refractivity contribution in [3.8, 4) is 5.75 Å². The molecule has 0 heterocycles. The zero-order valence-electron chi connectivity index (χ0n) is 12.6. The minimum atomic E-state index is 0. The van der Waals surface area contributed by atoms with Crippen LogP contribution in [0.1, 0.15) is 38.6 Å². The molecule has 2 aliphatic carbocycles. The Morgan fingerprint density at radius 3 is 2.59 bits per heavy atom. The number of aliphatic imine (C=N–C) groups is 1. The van der Waals surface area contributed by atoms with Crippen LogP contribution in [0.15, 0.2) is 29.3 Å². The summed E-state index contributed by atoms with van der Waals surface area (Å²) in [5.74, 6) is 1.71. The smallest absolute Gasteiger partial charge is 0.223 e. The average molecular weight is 318 g/mol. The minimum Gasteiger partial charge on any atom is -0.497 e. The van der Waals surface area contributed by atoms with Gasteiger partial charge in [-0.05, 0) is 61.5 Å². The van der Waals surface area contributed by atoms with Gasteiger partial charge in [-0.15, -0.1) is 0 Å². The van der Waals surface area contributed by atoms with Crippen molar-refractivity contribution in [2.45, 2.75) is 43.7 Å². The number of ether oxygens (including phenoxy) is 1. The van der Waals surface area contributed by atoms with Crippen LogP contribution in [0, 0.1) is 5.92 Å². The van der Waals surface area contributed by atoms with E-state index in [1.807, 2.05) is 12.1 Å². The maximum Gasteiger partial charge on any atom is 0.223 e. The summed E-state index contributed by atoms with van der Waals surface area (Å²) in [6.07, 6.45) is 3.66. The number of nitrogens with one attached hydrogen (secondary N) is 1. The second-order valence-electron chi connectivity index (χ2n) is 6.19. The van der Waals surface area contributed by atoms with Gasteiger partial charge in [-0.25, -0.2) is 4.99 Å². The van der Waals surface area contributed by atoms with Crippen molar-refractivity contribution in [3.05, 3.63) is 29.8 Å². The van der Waals surface area contributed by atoms with Crippen LogP contribution >= 0.6 is 12.2 Å². The molecule has 2 aliphatic rings. The largest absolute Gasteiger partial charge is 0.497 e. The van der Waals surface area contributed by atoms with E-state index in [0.29, 0.717) is 5.92 Å². The predicted octanol–water partition coefficient (Wildman–Crippen LogP) is 3.18. The SMILES string of the molecule is COc1ccc(C2CC(C(=O)NC3CC(N=C=S)C3)C2)cc1.[HH]. The highest BCUT2D eigenvalue weighted by molar-refractivity contribution is 7.78. The fraction of sp³-hybridized carbons (Fsp3) is 0.529. The maximum atomic E-state index is 12.2. The average Bonchev–Trinajstić information content (AvgIpc) is 2.44. The van der Waals surface area contributed by atoms with E-state index in [4.69, 9.17) is 4.74 Å². The molecular formula is C17H22N2O2S. The van der Waals surface area contributed by atoms with E-state index in [2.05, 4.69) is 39.8 Å². The van der Waals surface area contributed by atoms with E-state index < -0.39 is 0 Å². The van der Waals surface area contributed by atoms with Crippen LogP contribution in [0.3, 0.4) is 0 Å². The molecule has 0 atom stereocenters. The van der Waals surface area contributed by atoms with Crippen molar-refractivity contribution in [2.75, 3.05) is 7.11 Å². The third-order valence-electron chi connectivity index (χ3n) is 4.79. The molecule has 0 spiro atoms. The van der Waals surface area contributed by atoms with Gasteiger partial charge in [0.05, 0.1) is 18.3 Å². The Morgan fingerprint density at radius 1 is 1.32 bits per heavy atom. The number of isothiocyanates is 1. The first-order valence-corrected chi connectivity index (χ1v) is 8.11. The number of hydrogen-bond acceptors (Lipinski definition) is 4. The van der Waals surface area contributed by atoms with Gasteiger partial charge in [-0.1, -0.05) is 12.1 Å². The van der Waals surface area contributed by atoms with Crippen molar-refractivity contribution in [3.63, 3.8) is 0 Å². The molecular weight excluding hydrogens is 296 g/mol. The quantitative estimate of drug-likeness (QED) is 0.670. The monoisotopic (exact) mass is 318 g/mol. The molecule has 22 heavy (non-hydrogen) atoms. The first-order valence-electron chi connectivity index (χ1n) is 7.71. The van der Waals surface area contributed by atoms with E-state index in [1.54, 1.807) is 7.11 Å². The van der Waals surface area contributed by atoms with Gasteiger partial charge in [0.1, 0.15) is 5.75 Å². The lowest BCUT2D eigenvalue weighted by molar-refractivity contribution is -0.129. The molecule has 1 aromatic rings. The van der Waals surface area contributed by atoms with Crippen LogP contribution in [0.4, 0.5) is 0 Å². The number of hydrogen-bond donors (Lipinski definition) is 1. The first kappa shape index (κ1) is 15.2. The molecule has 0 saturated heterocycles. The number of amides is 1. The van der Waals surface area contributed by atoms with Crippen LogP contribution in [-0.4, -0.2) is 30.3 Å². The first-order chi connectivity index (χ1) is 10.7. The van der Waals surface area contributed by atoms with Gasteiger partial charge < -0.3 is 10.1 Å². The Bertz CT molecular complexity index is 589. The van der Waals surface area contributed by atoms with Crippen molar-refractivity contribution < 1.29 is 11.0 Å². The molecule has 0 radical (unpaired) electrons. The lowest BCUT2D eigenvalue weighted by Gasteiger charge is -2.38. The number of nitrogens with zero attached hydrogens (tertiary/aromatic N) is 1.